The average molecular weight is 330 g/mol. The highest BCUT2D eigenvalue weighted by atomic mass is 19.1. The molecule has 1 aromatic rings. The minimum Gasteiger partial charge on any atom is -0.369 e. The van der Waals surface area contributed by atoms with E-state index in [0.29, 0.717) is 24.3 Å². The molecule has 4 nitrogen and oxygen atoms in total. The average Bonchev–Trinajstić information content (AvgIpc) is 3.31. The fourth-order valence-corrected chi connectivity index (χ4v) is 4.64. The summed E-state index contributed by atoms with van der Waals surface area (Å²) in [6, 6.07) is 5.71. The number of aryl methyl sites for hydroxylation is 1. The van der Waals surface area contributed by atoms with Crippen LogP contribution in [-0.4, -0.2) is 28.8 Å². The SMILES string of the molecule is Cc1cc(C2C[C@H]3CC[C@@H](C2)N3C(=O)C2(C(N)=O)CC2)ccc1F. The van der Waals surface area contributed by atoms with Gasteiger partial charge in [0.2, 0.25) is 11.8 Å². The van der Waals surface area contributed by atoms with Gasteiger partial charge in [0.15, 0.2) is 0 Å². The molecule has 2 N–H and O–H groups in total. The fraction of sp³-hybridized carbons (Fsp3) is 0.579. The summed E-state index contributed by atoms with van der Waals surface area (Å²) in [6.07, 6.45) is 4.95. The molecule has 2 heterocycles. The van der Waals surface area contributed by atoms with E-state index < -0.39 is 11.3 Å². The van der Waals surface area contributed by atoms with Crippen LogP contribution >= 0.6 is 0 Å². The van der Waals surface area contributed by atoms with Crippen LogP contribution in [0.3, 0.4) is 0 Å². The highest BCUT2D eigenvalue weighted by Gasteiger charge is 2.60. The van der Waals surface area contributed by atoms with E-state index in [-0.39, 0.29) is 23.8 Å². The molecule has 3 aliphatic rings. The van der Waals surface area contributed by atoms with Crippen molar-refractivity contribution in [2.45, 2.75) is 63.5 Å². The standard InChI is InChI=1S/C19H23FN2O2/c1-11-8-12(2-5-16(11)20)13-9-14-3-4-15(10-13)22(14)18(24)19(6-7-19)17(21)23/h2,5,8,13-15H,3-4,6-7,9-10H2,1H3,(H2,21,23)/t13?,14-,15+. The Morgan fingerprint density at radius 2 is 1.83 bits per heavy atom. The van der Waals surface area contributed by atoms with Gasteiger partial charge in [-0.1, -0.05) is 12.1 Å². The van der Waals surface area contributed by atoms with Crippen molar-refractivity contribution in [3.8, 4) is 0 Å². The van der Waals surface area contributed by atoms with Crippen LogP contribution in [0.2, 0.25) is 0 Å². The minimum absolute atomic E-state index is 0.0452. The number of carbonyl (C=O) groups is 2. The van der Waals surface area contributed by atoms with E-state index in [0.717, 1.165) is 31.2 Å². The third-order valence-corrected chi connectivity index (χ3v) is 6.25. The topological polar surface area (TPSA) is 63.4 Å². The number of benzene rings is 1. The molecule has 5 heteroatoms. The van der Waals surface area contributed by atoms with Crippen molar-refractivity contribution >= 4 is 11.8 Å². The minimum atomic E-state index is -0.917. The van der Waals surface area contributed by atoms with E-state index >= 15 is 0 Å². The van der Waals surface area contributed by atoms with Crippen molar-refractivity contribution in [1.82, 2.24) is 4.90 Å². The van der Waals surface area contributed by atoms with E-state index in [1.807, 2.05) is 17.0 Å². The maximum absolute atomic E-state index is 13.5. The Morgan fingerprint density at radius 3 is 2.33 bits per heavy atom. The van der Waals surface area contributed by atoms with Crippen molar-refractivity contribution in [3.63, 3.8) is 0 Å². The maximum Gasteiger partial charge on any atom is 0.238 e. The Labute approximate surface area is 141 Å². The highest BCUT2D eigenvalue weighted by molar-refractivity contribution is 6.07. The van der Waals surface area contributed by atoms with Gasteiger partial charge in [-0.3, -0.25) is 9.59 Å². The first-order valence-corrected chi connectivity index (χ1v) is 8.81. The van der Waals surface area contributed by atoms with Crippen LogP contribution in [0.1, 0.15) is 55.6 Å². The van der Waals surface area contributed by atoms with Crippen LogP contribution in [0, 0.1) is 18.2 Å². The Balaban J connectivity index is 1.55. The van der Waals surface area contributed by atoms with E-state index in [1.54, 1.807) is 6.92 Å². The lowest BCUT2D eigenvalue weighted by atomic mass is 9.83. The van der Waals surface area contributed by atoms with Crippen LogP contribution < -0.4 is 5.73 Å². The quantitative estimate of drug-likeness (QED) is 0.866. The largest absolute Gasteiger partial charge is 0.369 e. The summed E-state index contributed by atoms with van der Waals surface area (Å²) in [4.78, 5) is 26.6. The molecule has 128 valence electrons. The van der Waals surface area contributed by atoms with E-state index in [1.165, 1.54) is 6.07 Å². The van der Waals surface area contributed by atoms with E-state index in [2.05, 4.69) is 0 Å². The molecule has 3 atom stereocenters. The normalized spacial score (nSPS) is 30.2. The van der Waals surface area contributed by atoms with Crippen molar-refractivity contribution in [2.75, 3.05) is 0 Å². The molecule has 2 bridgehead atoms. The molecule has 2 aliphatic heterocycles. The molecular weight excluding hydrogens is 307 g/mol. The molecule has 24 heavy (non-hydrogen) atoms. The third kappa shape index (κ3) is 2.25. The summed E-state index contributed by atoms with van der Waals surface area (Å²) >= 11 is 0. The first kappa shape index (κ1) is 15.6. The van der Waals surface area contributed by atoms with Crippen LogP contribution in [0.4, 0.5) is 4.39 Å². The Hall–Kier alpha value is -1.91. The number of hydrogen-bond donors (Lipinski definition) is 1. The molecule has 3 fully saturated rings. The molecule has 4 rings (SSSR count). The maximum atomic E-state index is 13.5. The van der Waals surface area contributed by atoms with E-state index in [9.17, 15) is 14.0 Å². The van der Waals surface area contributed by atoms with Crippen molar-refractivity contribution in [1.29, 1.82) is 0 Å². The van der Waals surface area contributed by atoms with Gasteiger partial charge in [-0.2, -0.15) is 0 Å². The number of primary amides is 1. The molecule has 0 radical (unpaired) electrons. The molecular formula is C19H23FN2O2. The van der Waals surface area contributed by atoms with Gasteiger partial charge < -0.3 is 10.6 Å². The molecule has 1 aliphatic carbocycles. The van der Waals surface area contributed by atoms with Gasteiger partial charge in [0.1, 0.15) is 11.2 Å². The molecule has 1 unspecified atom stereocenters. The van der Waals surface area contributed by atoms with Crippen LogP contribution in [0.25, 0.3) is 0 Å². The summed E-state index contributed by atoms with van der Waals surface area (Å²) < 4.78 is 13.5. The number of nitrogens with zero attached hydrogens (tertiary/aromatic N) is 1. The molecule has 1 saturated carbocycles. The fourth-order valence-electron chi connectivity index (χ4n) is 4.64. The zero-order valence-electron chi connectivity index (χ0n) is 13.9. The number of nitrogens with two attached hydrogens (primary N) is 1. The second kappa shape index (κ2) is 5.30. The van der Waals surface area contributed by atoms with Gasteiger partial charge in [-0.05, 0) is 68.6 Å². The highest BCUT2D eigenvalue weighted by Crippen LogP contribution is 2.51. The second-order valence-electron chi connectivity index (χ2n) is 7.72. The second-order valence-corrected chi connectivity index (χ2v) is 7.72. The van der Waals surface area contributed by atoms with Crippen molar-refractivity contribution < 1.29 is 14.0 Å². The first-order valence-electron chi connectivity index (χ1n) is 8.81. The van der Waals surface area contributed by atoms with Gasteiger partial charge in [0.25, 0.3) is 0 Å². The number of rotatable bonds is 3. The first-order chi connectivity index (χ1) is 11.4. The van der Waals surface area contributed by atoms with Crippen molar-refractivity contribution in [2.24, 2.45) is 11.1 Å². The zero-order chi connectivity index (χ0) is 17.1. The number of amides is 2. The smallest absolute Gasteiger partial charge is 0.238 e. The van der Waals surface area contributed by atoms with Crippen LogP contribution in [0.15, 0.2) is 18.2 Å². The lowest BCUT2D eigenvalue weighted by Crippen LogP contribution is -2.51. The van der Waals surface area contributed by atoms with Gasteiger partial charge in [0, 0.05) is 12.1 Å². The molecule has 2 amide bonds. The molecule has 0 spiro atoms. The van der Waals surface area contributed by atoms with Crippen LogP contribution in [0.5, 0.6) is 0 Å². The summed E-state index contributed by atoms with van der Waals surface area (Å²) in [5, 5.41) is 0. The molecule has 0 aromatic heterocycles. The zero-order valence-corrected chi connectivity index (χ0v) is 13.9. The summed E-state index contributed by atoms with van der Waals surface area (Å²) in [6.45, 7) is 1.79. The van der Waals surface area contributed by atoms with Gasteiger partial charge in [-0.15, -0.1) is 0 Å². The molecule has 2 saturated heterocycles. The lowest BCUT2D eigenvalue weighted by Gasteiger charge is -2.40. The predicted molar refractivity (Wildman–Crippen MR) is 87.6 cm³/mol. The van der Waals surface area contributed by atoms with Gasteiger partial charge in [0.05, 0.1) is 0 Å². The van der Waals surface area contributed by atoms with Crippen molar-refractivity contribution in [3.05, 3.63) is 35.1 Å². The summed E-state index contributed by atoms with van der Waals surface area (Å²) in [5.74, 6) is -0.333. The predicted octanol–water partition coefficient (Wildman–Crippen LogP) is 2.64. The summed E-state index contributed by atoms with van der Waals surface area (Å²) in [5.41, 5.74) is 6.39. The number of carbonyl (C=O) groups excluding carboxylic acids is 2. The Kier molecular flexibility index (Phi) is 3.44. The monoisotopic (exact) mass is 330 g/mol. The van der Waals surface area contributed by atoms with Gasteiger partial charge in [-0.25, -0.2) is 4.39 Å². The number of piperidine rings is 1. The Morgan fingerprint density at radius 1 is 1.21 bits per heavy atom. The van der Waals surface area contributed by atoms with Gasteiger partial charge >= 0.3 is 0 Å². The number of hydrogen-bond acceptors (Lipinski definition) is 2. The summed E-state index contributed by atoms with van der Waals surface area (Å²) in [7, 11) is 0. The lowest BCUT2D eigenvalue weighted by molar-refractivity contribution is -0.146. The van der Waals surface area contributed by atoms with E-state index in [4.69, 9.17) is 5.73 Å². The van der Waals surface area contributed by atoms with Crippen LogP contribution in [-0.2, 0) is 9.59 Å². The number of fused-ring (bicyclic) bond motifs is 2. The third-order valence-electron chi connectivity index (χ3n) is 6.25. The number of halogens is 1. The Bertz CT molecular complexity index is 699. The molecule has 1 aromatic carbocycles.